The van der Waals surface area contributed by atoms with Crippen molar-refractivity contribution in [3.63, 3.8) is 0 Å². The maximum atomic E-state index is 5.14. The third-order valence-corrected chi connectivity index (χ3v) is 2.83. The van der Waals surface area contributed by atoms with Gasteiger partial charge in [0.1, 0.15) is 11.6 Å². The van der Waals surface area contributed by atoms with Crippen LogP contribution in [0.3, 0.4) is 0 Å². The molecule has 19 heavy (non-hydrogen) atoms. The summed E-state index contributed by atoms with van der Waals surface area (Å²) < 4.78 is 7.11. The number of halogens is 1. The fraction of sp³-hybridized carbons (Fsp3) is 0.357. The largest absolute Gasteiger partial charge is 0.497 e. The van der Waals surface area contributed by atoms with Crippen molar-refractivity contribution in [2.45, 2.75) is 26.9 Å². The van der Waals surface area contributed by atoms with Gasteiger partial charge in [0.05, 0.1) is 12.8 Å². The van der Waals surface area contributed by atoms with E-state index >= 15 is 0 Å². The Morgan fingerprint density at radius 3 is 2.53 bits per heavy atom. The van der Waals surface area contributed by atoms with E-state index in [4.69, 9.17) is 4.74 Å². The molecule has 0 fully saturated rings. The van der Waals surface area contributed by atoms with E-state index in [1.807, 2.05) is 23.7 Å². The summed E-state index contributed by atoms with van der Waals surface area (Å²) in [6, 6.07) is 10.1. The molecule has 0 amide bonds. The van der Waals surface area contributed by atoms with Crippen molar-refractivity contribution in [1.82, 2.24) is 9.78 Å². The van der Waals surface area contributed by atoms with E-state index in [-0.39, 0.29) is 12.4 Å². The molecule has 0 aliphatic heterocycles. The van der Waals surface area contributed by atoms with Crippen LogP contribution in [0.2, 0.25) is 0 Å². The highest BCUT2D eigenvalue weighted by atomic mass is 35.5. The Morgan fingerprint density at radius 1 is 1.26 bits per heavy atom. The number of benzene rings is 1. The number of aromatic nitrogens is 2. The molecular formula is C14H20ClN3O. The first-order valence-electron chi connectivity index (χ1n) is 6.14. The summed E-state index contributed by atoms with van der Waals surface area (Å²) in [5.74, 6) is 1.94. The summed E-state index contributed by atoms with van der Waals surface area (Å²) in [6.07, 6.45) is 0. The second-order valence-electron chi connectivity index (χ2n) is 4.19. The summed E-state index contributed by atoms with van der Waals surface area (Å²) in [5, 5.41) is 7.80. The molecule has 1 N–H and O–H groups in total. The number of nitrogens with one attached hydrogen (secondary N) is 1. The Kier molecular flexibility index (Phi) is 5.70. The first-order chi connectivity index (χ1) is 8.72. The zero-order valence-corrected chi connectivity index (χ0v) is 12.3. The van der Waals surface area contributed by atoms with Crippen LogP contribution in [0.4, 0.5) is 5.82 Å². The summed E-state index contributed by atoms with van der Waals surface area (Å²) >= 11 is 0. The Balaban J connectivity index is 0.00000180. The normalized spacial score (nSPS) is 9.84. The number of methoxy groups -OCH3 is 1. The van der Waals surface area contributed by atoms with E-state index in [0.717, 1.165) is 30.4 Å². The van der Waals surface area contributed by atoms with Crippen molar-refractivity contribution in [1.29, 1.82) is 0 Å². The van der Waals surface area contributed by atoms with Gasteiger partial charge in [0.15, 0.2) is 0 Å². The molecule has 0 unspecified atom stereocenters. The molecule has 0 aliphatic rings. The lowest BCUT2D eigenvalue weighted by molar-refractivity contribution is 0.414. The zero-order chi connectivity index (χ0) is 13.0. The van der Waals surface area contributed by atoms with Crippen LogP contribution in [-0.2, 0) is 13.1 Å². The van der Waals surface area contributed by atoms with Gasteiger partial charge in [-0.05, 0) is 31.5 Å². The molecule has 0 saturated carbocycles. The number of anilines is 1. The van der Waals surface area contributed by atoms with Crippen LogP contribution < -0.4 is 10.1 Å². The maximum Gasteiger partial charge on any atom is 0.124 e. The molecule has 0 saturated heterocycles. The monoisotopic (exact) mass is 281 g/mol. The van der Waals surface area contributed by atoms with Gasteiger partial charge in [0.2, 0.25) is 0 Å². The Morgan fingerprint density at radius 2 is 1.95 bits per heavy atom. The minimum atomic E-state index is 0. The third-order valence-electron chi connectivity index (χ3n) is 2.83. The molecule has 1 aromatic heterocycles. The quantitative estimate of drug-likeness (QED) is 0.914. The molecule has 0 bridgehead atoms. The highest BCUT2D eigenvalue weighted by molar-refractivity contribution is 5.85. The van der Waals surface area contributed by atoms with Gasteiger partial charge in [0.25, 0.3) is 0 Å². The van der Waals surface area contributed by atoms with Crippen LogP contribution in [0, 0.1) is 6.92 Å². The smallest absolute Gasteiger partial charge is 0.124 e. The second-order valence-corrected chi connectivity index (χ2v) is 4.19. The lowest BCUT2D eigenvalue weighted by Crippen LogP contribution is -2.06. The van der Waals surface area contributed by atoms with Gasteiger partial charge < -0.3 is 10.1 Å². The van der Waals surface area contributed by atoms with Crippen LogP contribution in [0.1, 0.15) is 18.2 Å². The van der Waals surface area contributed by atoms with Crippen molar-refractivity contribution in [3.8, 4) is 5.75 Å². The average Bonchev–Trinajstić information content (AvgIpc) is 2.77. The molecule has 0 atom stereocenters. The topological polar surface area (TPSA) is 39.1 Å². The standard InChI is InChI=1S/C14H19N3O.ClH/c1-4-17-14(9-11(2)16-17)15-10-12-5-7-13(18-3)8-6-12;/h5-9,15H,4,10H2,1-3H3;1H. The SMILES string of the molecule is CCn1nc(C)cc1NCc1ccc(OC)cc1.Cl. The summed E-state index contributed by atoms with van der Waals surface area (Å²) in [6.45, 7) is 5.75. The van der Waals surface area contributed by atoms with Crippen molar-refractivity contribution in [2.24, 2.45) is 0 Å². The van der Waals surface area contributed by atoms with E-state index in [0.29, 0.717) is 0 Å². The first kappa shape index (κ1) is 15.4. The first-order valence-corrected chi connectivity index (χ1v) is 6.14. The lowest BCUT2D eigenvalue weighted by atomic mass is 10.2. The lowest BCUT2D eigenvalue weighted by Gasteiger charge is -2.08. The molecule has 1 aromatic carbocycles. The summed E-state index contributed by atoms with van der Waals surface area (Å²) in [4.78, 5) is 0. The van der Waals surface area contributed by atoms with Gasteiger partial charge >= 0.3 is 0 Å². The van der Waals surface area contributed by atoms with Crippen LogP contribution in [0.5, 0.6) is 5.75 Å². The van der Waals surface area contributed by atoms with E-state index in [1.54, 1.807) is 7.11 Å². The number of hydrogen-bond acceptors (Lipinski definition) is 3. The second kappa shape index (κ2) is 7.04. The van der Waals surface area contributed by atoms with E-state index < -0.39 is 0 Å². The van der Waals surface area contributed by atoms with E-state index in [2.05, 4.69) is 35.5 Å². The number of rotatable bonds is 5. The molecule has 2 rings (SSSR count). The van der Waals surface area contributed by atoms with Gasteiger partial charge in [0, 0.05) is 19.2 Å². The minimum Gasteiger partial charge on any atom is -0.497 e. The number of ether oxygens (including phenoxy) is 1. The highest BCUT2D eigenvalue weighted by Crippen LogP contribution is 2.14. The van der Waals surface area contributed by atoms with Crippen molar-refractivity contribution < 1.29 is 4.74 Å². The molecule has 0 radical (unpaired) electrons. The minimum absolute atomic E-state index is 0. The third kappa shape index (κ3) is 3.89. The number of aryl methyl sites for hydroxylation is 2. The van der Waals surface area contributed by atoms with Gasteiger partial charge in [-0.1, -0.05) is 12.1 Å². The Hall–Kier alpha value is -1.68. The predicted molar refractivity (Wildman–Crippen MR) is 80.2 cm³/mol. The molecule has 1 heterocycles. The molecule has 104 valence electrons. The van der Waals surface area contributed by atoms with Crippen LogP contribution in [0.15, 0.2) is 30.3 Å². The van der Waals surface area contributed by atoms with Crippen LogP contribution in [0.25, 0.3) is 0 Å². The molecular weight excluding hydrogens is 262 g/mol. The van der Waals surface area contributed by atoms with E-state index in [9.17, 15) is 0 Å². The van der Waals surface area contributed by atoms with Gasteiger partial charge in [-0.15, -0.1) is 12.4 Å². The zero-order valence-electron chi connectivity index (χ0n) is 11.5. The van der Waals surface area contributed by atoms with Gasteiger partial charge in [-0.25, -0.2) is 4.68 Å². The fourth-order valence-electron chi connectivity index (χ4n) is 1.86. The van der Waals surface area contributed by atoms with Crippen LogP contribution in [-0.4, -0.2) is 16.9 Å². The number of hydrogen-bond donors (Lipinski definition) is 1. The summed E-state index contributed by atoms with van der Waals surface area (Å²) in [7, 11) is 1.68. The molecule has 5 heteroatoms. The van der Waals surface area contributed by atoms with Crippen molar-refractivity contribution in [3.05, 3.63) is 41.6 Å². The van der Waals surface area contributed by atoms with Crippen molar-refractivity contribution >= 4 is 18.2 Å². The fourth-order valence-corrected chi connectivity index (χ4v) is 1.86. The molecule has 2 aromatic rings. The number of nitrogens with zero attached hydrogens (tertiary/aromatic N) is 2. The molecule has 0 aliphatic carbocycles. The Labute approximate surface area is 120 Å². The van der Waals surface area contributed by atoms with Gasteiger partial charge in [-0.2, -0.15) is 5.10 Å². The van der Waals surface area contributed by atoms with Gasteiger partial charge in [-0.3, -0.25) is 0 Å². The highest BCUT2D eigenvalue weighted by Gasteiger charge is 2.03. The molecule has 0 spiro atoms. The van der Waals surface area contributed by atoms with E-state index in [1.165, 1.54) is 5.56 Å². The summed E-state index contributed by atoms with van der Waals surface area (Å²) in [5.41, 5.74) is 2.26. The van der Waals surface area contributed by atoms with Crippen LogP contribution >= 0.6 is 12.4 Å². The Bertz CT molecular complexity index is 508. The maximum absolute atomic E-state index is 5.14. The molecule has 4 nitrogen and oxygen atoms in total. The predicted octanol–water partition coefficient (Wildman–Crippen LogP) is 3.25. The average molecular weight is 282 g/mol. The van der Waals surface area contributed by atoms with Crippen molar-refractivity contribution in [2.75, 3.05) is 12.4 Å².